The number of carbonyl (C=O) groups is 1. The van der Waals surface area contributed by atoms with Gasteiger partial charge in [-0.2, -0.15) is 5.10 Å². The minimum Gasteiger partial charge on any atom is -0.354 e. The predicted molar refractivity (Wildman–Crippen MR) is 113 cm³/mol. The molecule has 0 spiro atoms. The molecule has 1 aliphatic rings. The topological polar surface area (TPSA) is 75.9 Å². The molecular formula is C22H26N6O. The fourth-order valence-corrected chi connectivity index (χ4v) is 3.83. The van der Waals surface area contributed by atoms with Gasteiger partial charge in [0.25, 0.3) is 0 Å². The highest BCUT2D eigenvalue weighted by Crippen LogP contribution is 2.23. The second kappa shape index (κ2) is 8.03. The van der Waals surface area contributed by atoms with E-state index in [0.29, 0.717) is 12.4 Å². The molecule has 1 amide bonds. The highest BCUT2D eigenvalue weighted by molar-refractivity contribution is 5.93. The van der Waals surface area contributed by atoms with Gasteiger partial charge in [-0.05, 0) is 69.5 Å². The van der Waals surface area contributed by atoms with Crippen LogP contribution in [0.15, 0.2) is 42.5 Å². The number of hydrogen-bond donors (Lipinski definition) is 1. The van der Waals surface area contributed by atoms with E-state index >= 15 is 0 Å². The highest BCUT2D eigenvalue weighted by atomic mass is 16.1. The van der Waals surface area contributed by atoms with Crippen LogP contribution in [0.5, 0.6) is 0 Å². The zero-order valence-corrected chi connectivity index (χ0v) is 17.1. The largest absolute Gasteiger partial charge is 0.354 e. The zero-order chi connectivity index (χ0) is 20.4. The summed E-state index contributed by atoms with van der Waals surface area (Å²) in [5, 5.41) is 16.3. The van der Waals surface area contributed by atoms with Crippen molar-refractivity contribution in [2.24, 2.45) is 5.92 Å². The van der Waals surface area contributed by atoms with Crippen LogP contribution in [-0.4, -0.2) is 39.0 Å². The molecule has 7 heteroatoms. The van der Waals surface area contributed by atoms with E-state index in [1.54, 1.807) is 4.68 Å². The lowest BCUT2D eigenvalue weighted by Gasteiger charge is -2.32. The van der Waals surface area contributed by atoms with Crippen molar-refractivity contribution in [2.45, 2.75) is 33.6 Å². The van der Waals surface area contributed by atoms with Gasteiger partial charge in [0, 0.05) is 24.5 Å². The maximum atomic E-state index is 12.7. The standard InChI is InChI=1S/C22H26N6O/c1-15-6-4-8-19(12-15)23-22(29)18-7-5-11-27(14-18)20-9-10-21(25-24-20)28-17(3)13-16(2)26-28/h4,6,8-10,12-13,18H,5,7,11,14H2,1-3H3,(H,23,29). The minimum absolute atomic E-state index is 0.0625. The summed E-state index contributed by atoms with van der Waals surface area (Å²) in [5.41, 5.74) is 3.95. The van der Waals surface area contributed by atoms with Gasteiger partial charge in [-0.3, -0.25) is 4.79 Å². The smallest absolute Gasteiger partial charge is 0.229 e. The molecule has 0 radical (unpaired) electrons. The van der Waals surface area contributed by atoms with E-state index in [-0.39, 0.29) is 11.8 Å². The average Bonchev–Trinajstić information content (AvgIpc) is 3.06. The molecule has 2 aromatic heterocycles. The monoisotopic (exact) mass is 390 g/mol. The van der Waals surface area contributed by atoms with E-state index in [1.165, 1.54) is 0 Å². The van der Waals surface area contributed by atoms with Crippen LogP contribution >= 0.6 is 0 Å². The molecule has 1 saturated heterocycles. The van der Waals surface area contributed by atoms with Crippen LogP contribution < -0.4 is 10.2 Å². The summed E-state index contributed by atoms with van der Waals surface area (Å²) in [5.74, 6) is 1.49. The van der Waals surface area contributed by atoms with Crippen LogP contribution in [0, 0.1) is 26.7 Å². The molecule has 3 aromatic rings. The minimum atomic E-state index is -0.0678. The van der Waals surface area contributed by atoms with Crippen LogP contribution in [0.2, 0.25) is 0 Å². The second-order valence-corrected chi connectivity index (χ2v) is 7.73. The van der Waals surface area contributed by atoms with Gasteiger partial charge >= 0.3 is 0 Å². The number of benzene rings is 1. The summed E-state index contributed by atoms with van der Waals surface area (Å²) in [6, 6.07) is 13.8. The Bertz CT molecular complexity index is 1010. The number of aromatic nitrogens is 4. The molecule has 150 valence electrons. The lowest BCUT2D eigenvalue weighted by atomic mass is 9.97. The third-order valence-corrected chi connectivity index (χ3v) is 5.26. The van der Waals surface area contributed by atoms with Crippen molar-refractivity contribution in [2.75, 3.05) is 23.3 Å². The summed E-state index contributed by atoms with van der Waals surface area (Å²) in [6.07, 6.45) is 1.83. The van der Waals surface area contributed by atoms with Crippen LogP contribution in [0.25, 0.3) is 5.82 Å². The molecule has 4 rings (SSSR count). The van der Waals surface area contributed by atoms with Crippen LogP contribution in [0.4, 0.5) is 11.5 Å². The first-order chi connectivity index (χ1) is 14.0. The Morgan fingerprint density at radius 1 is 1.07 bits per heavy atom. The van der Waals surface area contributed by atoms with E-state index in [1.807, 2.05) is 63.2 Å². The van der Waals surface area contributed by atoms with Gasteiger partial charge in [0.1, 0.15) is 0 Å². The average molecular weight is 390 g/mol. The highest BCUT2D eigenvalue weighted by Gasteiger charge is 2.27. The third-order valence-electron chi connectivity index (χ3n) is 5.26. The van der Waals surface area contributed by atoms with Gasteiger partial charge in [0.15, 0.2) is 11.6 Å². The Morgan fingerprint density at radius 2 is 1.86 bits per heavy atom. The third kappa shape index (κ3) is 4.29. The molecule has 7 nitrogen and oxygen atoms in total. The summed E-state index contributed by atoms with van der Waals surface area (Å²) < 4.78 is 1.79. The fraction of sp³-hybridized carbons (Fsp3) is 0.364. The van der Waals surface area contributed by atoms with E-state index in [4.69, 9.17) is 0 Å². The van der Waals surface area contributed by atoms with E-state index in [9.17, 15) is 4.79 Å². The molecule has 3 heterocycles. The Balaban J connectivity index is 1.44. The molecule has 1 atom stereocenters. The number of anilines is 2. The van der Waals surface area contributed by atoms with Crippen molar-refractivity contribution in [3.63, 3.8) is 0 Å². The SMILES string of the molecule is Cc1cccc(NC(=O)C2CCCN(c3ccc(-n4nc(C)cc4C)nn3)C2)c1. The van der Waals surface area contributed by atoms with E-state index in [0.717, 1.165) is 47.8 Å². The molecule has 1 aromatic carbocycles. The normalized spacial score (nSPS) is 16.7. The predicted octanol–water partition coefficient (Wildman–Crippen LogP) is 3.44. The second-order valence-electron chi connectivity index (χ2n) is 7.73. The van der Waals surface area contributed by atoms with Crippen LogP contribution in [0.3, 0.4) is 0 Å². The zero-order valence-electron chi connectivity index (χ0n) is 17.1. The molecule has 1 N–H and O–H groups in total. The molecule has 1 fully saturated rings. The number of amides is 1. The van der Waals surface area contributed by atoms with Gasteiger partial charge in [-0.15, -0.1) is 10.2 Å². The van der Waals surface area contributed by atoms with E-state index < -0.39 is 0 Å². The number of hydrogen-bond acceptors (Lipinski definition) is 5. The Kier molecular flexibility index (Phi) is 5.29. The van der Waals surface area contributed by atoms with Gasteiger partial charge in [-0.25, -0.2) is 4.68 Å². The number of rotatable bonds is 4. The number of nitrogens with one attached hydrogen (secondary N) is 1. The maximum absolute atomic E-state index is 12.7. The number of carbonyl (C=O) groups excluding carboxylic acids is 1. The van der Waals surface area contributed by atoms with Gasteiger partial charge in [-0.1, -0.05) is 12.1 Å². The summed E-state index contributed by atoms with van der Waals surface area (Å²) >= 11 is 0. The lowest BCUT2D eigenvalue weighted by Crippen LogP contribution is -2.41. The van der Waals surface area contributed by atoms with Crippen molar-refractivity contribution in [1.29, 1.82) is 0 Å². The van der Waals surface area contributed by atoms with Crippen molar-refractivity contribution < 1.29 is 4.79 Å². The van der Waals surface area contributed by atoms with Gasteiger partial charge in [0.2, 0.25) is 5.91 Å². The van der Waals surface area contributed by atoms with Crippen molar-refractivity contribution in [3.8, 4) is 5.82 Å². The molecule has 29 heavy (non-hydrogen) atoms. The van der Waals surface area contributed by atoms with Crippen molar-refractivity contribution in [1.82, 2.24) is 20.0 Å². The van der Waals surface area contributed by atoms with Crippen molar-refractivity contribution >= 4 is 17.4 Å². The quantitative estimate of drug-likeness (QED) is 0.738. The summed E-state index contributed by atoms with van der Waals surface area (Å²) in [6.45, 7) is 7.50. The first kappa shape index (κ1) is 19.1. The summed E-state index contributed by atoms with van der Waals surface area (Å²) in [7, 11) is 0. The molecule has 0 aliphatic carbocycles. The van der Waals surface area contributed by atoms with Gasteiger partial charge < -0.3 is 10.2 Å². The Labute approximate surface area is 170 Å². The molecule has 0 bridgehead atoms. The van der Waals surface area contributed by atoms with Gasteiger partial charge in [0.05, 0.1) is 11.6 Å². The van der Waals surface area contributed by atoms with Crippen LogP contribution in [-0.2, 0) is 4.79 Å². The molecule has 0 saturated carbocycles. The number of nitrogens with zero attached hydrogens (tertiary/aromatic N) is 5. The number of aryl methyl sites for hydroxylation is 3. The maximum Gasteiger partial charge on any atom is 0.229 e. The Morgan fingerprint density at radius 3 is 2.55 bits per heavy atom. The molecule has 1 aliphatic heterocycles. The fourth-order valence-electron chi connectivity index (χ4n) is 3.83. The first-order valence-electron chi connectivity index (χ1n) is 9.99. The summed E-state index contributed by atoms with van der Waals surface area (Å²) in [4.78, 5) is 14.9. The van der Waals surface area contributed by atoms with Crippen molar-refractivity contribution in [3.05, 3.63) is 59.4 Å². The molecular weight excluding hydrogens is 364 g/mol. The first-order valence-corrected chi connectivity index (χ1v) is 9.99. The number of piperidine rings is 1. The van der Waals surface area contributed by atoms with Crippen LogP contribution in [0.1, 0.15) is 29.8 Å². The molecule has 1 unspecified atom stereocenters. The Hall–Kier alpha value is -3.22. The lowest BCUT2D eigenvalue weighted by molar-refractivity contribution is -0.120. The van der Waals surface area contributed by atoms with E-state index in [2.05, 4.69) is 25.5 Å².